The smallest absolute Gasteiger partial charge is 0.162 e. The molecule has 0 fully saturated rings. The number of furan rings is 1. The Labute approximate surface area is 134 Å². The Hall–Kier alpha value is -1.32. The SMILES string of the molecule is CCOc1cc(Cl)c(C(Cl)c2occc2C)cc1OCC. The summed E-state index contributed by atoms with van der Waals surface area (Å²) < 4.78 is 16.6. The van der Waals surface area contributed by atoms with Gasteiger partial charge >= 0.3 is 0 Å². The summed E-state index contributed by atoms with van der Waals surface area (Å²) in [6.45, 7) is 6.85. The van der Waals surface area contributed by atoms with Gasteiger partial charge in [-0.2, -0.15) is 0 Å². The first-order valence-electron chi connectivity index (χ1n) is 6.85. The molecule has 0 N–H and O–H groups in total. The van der Waals surface area contributed by atoms with Gasteiger partial charge in [0.2, 0.25) is 0 Å². The van der Waals surface area contributed by atoms with Crippen molar-refractivity contribution in [2.75, 3.05) is 13.2 Å². The molecular weight excluding hydrogens is 311 g/mol. The normalized spacial score (nSPS) is 12.2. The lowest BCUT2D eigenvalue weighted by atomic mass is 10.1. The van der Waals surface area contributed by atoms with Crippen LogP contribution < -0.4 is 9.47 Å². The molecule has 2 aromatic rings. The van der Waals surface area contributed by atoms with Crippen molar-refractivity contribution in [2.24, 2.45) is 0 Å². The van der Waals surface area contributed by atoms with Crippen LogP contribution >= 0.6 is 23.2 Å². The number of halogens is 2. The van der Waals surface area contributed by atoms with E-state index in [1.165, 1.54) is 0 Å². The number of aryl methyl sites for hydroxylation is 1. The van der Waals surface area contributed by atoms with E-state index in [9.17, 15) is 0 Å². The van der Waals surface area contributed by atoms with Crippen molar-refractivity contribution in [2.45, 2.75) is 26.1 Å². The molecule has 1 unspecified atom stereocenters. The first kappa shape index (κ1) is 16.1. The zero-order valence-electron chi connectivity index (χ0n) is 12.3. The predicted molar refractivity (Wildman–Crippen MR) is 84.9 cm³/mol. The molecule has 114 valence electrons. The minimum absolute atomic E-state index is 0.470. The molecule has 0 aliphatic carbocycles. The molecule has 0 saturated heterocycles. The highest BCUT2D eigenvalue weighted by Gasteiger charge is 2.22. The maximum absolute atomic E-state index is 6.51. The van der Waals surface area contributed by atoms with Crippen LogP contribution in [0.3, 0.4) is 0 Å². The van der Waals surface area contributed by atoms with Gasteiger partial charge in [0.25, 0.3) is 0 Å². The number of hydrogen-bond acceptors (Lipinski definition) is 3. The number of hydrogen-bond donors (Lipinski definition) is 0. The first-order valence-corrected chi connectivity index (χ1v) is 7.67. The van der Waals surface area contributed by atoms with Crippen LogP contribution in [0.1, 0.15) is 36.1 Å². The van der Waals surface area contributed by atoms with E-state index in [1.54, 1.807) is 12.3 Å². The quantitative estimate of drug-likeness (QED) is 0.668. The maximum atomic E-state index is 6.51. The van der Waals surface area contributed by atoms with Gasteiger partial charge in [-0.1, -0.05) is 11.6 Å². The van der Waals surface area contributed by atoms with E-state index in [0.717, 1.165) is 11.1 Å². The Morgan fingerprint density at radius 2 is 1.76 bits per heavy atom. The van der Waals surface area contributed by atoms with Gasteiger partial charge in [0.15, 0.2) is 11.5 Å². The van der Waals surface area contributed by atoms with E-state index >= 15 is 0 Å². The lowest BCUT2D eigenvalue weighted by Gasteiger charge is -2.16. The molecule has 3 nitrogen and oxygen atoms in total. The van der Waals surface area contributed by atoms with E-state index in [-0.39, 0.29) is 0 Å². The summed E-state index contributed by atoms with van der Waals surface area (Å²) >= 11 is 12.9. The first-order chi connectivity index (χ1) is 10.1. The fraction of sp³-hybridized carbons (Fsp3) is 0.375. The van der Waals surface area contributed by atoms with Crippen LogP contribution in [0.25, 0.3) is 0 Å². The highest BCUT2D eigenvalue weighted by atomic mass is 35.5. The third kappa shape index (κ3) is 3.47. The molecule has 1 aromatic heterocycles. The molecule has 1 atom stereocenters. The van der Waals surface area contributed by atoms with Crippen LogP contribution in [0, 0.1) is 6.92 Å². The van der Waals surface area contributed by atoms with Gasteiger partial charge in [-0.3, -0.25) is 0 Å². The third-order valence-corrected chi connectivity index (χ3v) is 3.83. The molecule has 2 rings (SSSR count). The lowest BCUT2D eigenvalue weighted by molar-refractivity contribution is 0.287. The summed E-state index contributed by atoms with van der Waals surface area (Å²) in [5, 5.41) is 0.0556. The molecule has 0 radical (unpaired) electrons. The molecule has 0 spiro atoms. The van der Waals surface area contributed by atoms with Crippen molar-refractivity contribution >= 4 is 23.2 Å². The molecule has 0 saturated carbocycles. The number of rotatable bonds is 6. The average molecular weight is 329 g/mol. The Morgan fingerprint density at radius 3 is 2.29 bits per heavy atom. The van der Waals surface area contributed by atoms with Crippen LogP contribution in [-0.2, 0) is 0 Å². The molecule has 0 aliphatic heterocycles. The van der Waals surface area contributed by atoms with Crippen molar-refractivity contribution in [3.05, 3.63) is 46.4 Å². The van der Waals surface area contributed by atoms with Crippen LogP contribution in [0.15, 0.2) is 28.9 Å². The Bertz CT molecular complexity index is 608. The average Bonchev–Trinajstić information content (AvgIpc) is 2.87. The highest BCUT2D eigenvalue weighted by Crippen LogP contribution is 2.41. The van der Waals surface area contributed by atoms with Gasteiger partial charge in [0.05, 0.1) is 19.5 Å². The Kier molecular flexibility index (Phi) is 5.43. The second-order valence-corrected chi connectivity index (χ2v) is 5.36. The third-order valence-electron chi connectivity index (χ3n) is 3.07. The van der Waals surface area contributed by atoms with E-state index in [4.69, 9.17) is 37.1 Å². The highest BCUT2D eigenvalue weighted by molar-refractivity contribution is 6.33. The van der Waals surface area contributed by atoms with Gasteiger partial charge < -0.3 is 13.9 Å². The largest absolute Gasteiger partial charge is 0.490 e. The number of ether oxygens (including phenoxy) is 2. The van der Waals surface area contributed by atoms with E-state index < -0.39 is 5.38 Å². The van der Waals surface area contributed by atoms with Gasteiger partial charge in [-0.15, -0.1) is 11.6 Å². The van der Waals surface area contributed by atoms with Gasteiger partial charge in [0, 0.05) is 16.7 Å². The van der Waals surface area contributed by atoms with Crippen LogP contribution in [0.2, 0.25) is 5.02 Å². The zero-order valence-corrected chi connectivity index (χ0v) is 13.8. The predicted octanol–water partition coefficient (Wildman–Crippen LogP) is 5.37. The number of benzene rings is 1. The summed E-state index contributed by atoms with van der Waals surface area (Å²) in [6, 6.07) is 5.42. The summed E-state index contributed by atoms with van der Waals surface area (Å²) in [5.74, 6) is 1.94. The molecule has 1 heterocycles. The minimum Gasteiger partial charge on any atom is -0.490 e. The lowest BCUT2D eigenvalue weighted by Crippen LogP contribution is -2.02. The topological polar surface area (TPSA) is 31.6 Å². The second kappa shape index (κ2) is 7.10. The summed E-state index contributed by atoms with van der Waals surface area (Å²) in [6.07, 6.45) is 1.62. The Balaban J connectivity index is 2.44. The van der Waals surface area contributed by atoms with Crippen LogP contribution in [-0.4, -0.2) is 13.2 Å². The van der Waals surface area contributed by atoms with Crippen molar-refractivity contribution in [3.63, 3.8) is 0 Å². The molecule has 1 aromatic carbocycles. The molecule has 0 aliphatic rings. The zero-order chi connectivity index (χ0) is 15.4. The van der Waals surface area contributed by atoms with Crippen molar-refractivity contribution < 1.29 is 13.9 Å². The van der Waals surface area contributed by atoms with Crippen molar-refractivity contribution in [1.29, 1.82) is 0 Å². The van der Waals surface area contributed by atoms with E-state index in [2.05, 4.69) is 0 Å². The van der Waals surface area contributed by atoms with Crippen LogP contribution in [0.5, 0.6) is 11.5 Å². The second-order valence-electron chi connectivity index (χ2n) is 4.52. The Morgan fingerprint density at radius 1 is 1.14 bits per heavy atom. The minimum atomic E-state index is -0.470. The molecular formula is C16H18Cl2O3. The number of alkyl halides is 1. The molecule has 5 heteroatoms. The van der Waals surface area contributed by atoms with Gasteiger partial charge in [-0.05, 0) is 38.5 Å². The van der Waals surface area contributed by atoms with Crippen molar-refractivity contribution in [3.8, 4) is 11.5 Å². The summed E-state index contributed by atoms with van der Waals surface area (Å²) in [7, 11) is 0. The van der Waals surface area contributed by atoms with E-state index in [1.807, 2.05) is 32.9 Å². The monoisotopic (exact) mass is 328 g/mol. The van der Waals surface area contributed by atoms with Crippen molar-refractivity contribution in [1.82, 2.24) is 0 Å². The van der Waals surface area contributed by atoms with E-state index in [0.29, 0.717) is 35.5 Å². The fourth-order valence-electron chi connectivity index (χ4n) is 2.07. The molecule has 0 amide bonds. The van der Waals surface area contributed by atoms with Crippen LogP contribution in [0.4, 0.5) is 0 Å². The fourth-order valence-corrected chi connectivity index (χ4v) is 2.79. The molecule has 0 bridgehead atoms. The standard InChI is InChI=1S/C16H18Cl2O3/c1-4-19-13-8-11(12(17)9-14(13)20-5-2)15(18)16-10(3)6-7-21-16/h6-9,15H,4-5H2,1-3H3. The maximum Gasteiger partial charge on any atom is 0.162 e. The summed E-state index contributed by atoms with van der Waals surface area (Å²) in [5.41, 5.74) is 1.72. The van der Waals surface area contributed by atoms with Gasteiger partial charge in [0.1, 0.15) is 11.1 Å². The van der Waals surface area contributed by atoms with Gasteiger partial charge in [-0.25, -0.2) is 0 Å². The summed E-state index contributed by atoms with van der Waals surface area (Å²) in [4.78, 5) is 0. The molecule has 21 heavy (non-hydrogen) atoms.